The standard InChI is InChI=1S/C24H25FN6O3/c1-12-14-3-5-31(24(14)28-11-27-12)18-7-20(23(33)22(18)32)34-19-6-16(13-8-29-30-9-13)21(25)15-2-4-26-10-17(15)19/h3,5-6,8-9,11,18,20,22-23,26,32-33H,2,4,7,10H2,1H3,(H,29,30). The number of benzene rings is 1. The average molecular weight is 465 g/mol. The van der Waals surface area contributed by atoms with E-state index >= 15 is 4.39 Å². The molecule has 4 heterocycles. The van der Waals surface area contributed by atoms with Crippen LogP contribution in [-0.4, -0.2) is 59.8 Å². The summed E-state index contributed by atoms with van der Waals surface area (Å²) in [5.41, 5.74) is 3.94. The molecule has 4 N–H and O–H groups in total. The van der Waals surface area contributed by atoms with E-state index in [-0.39, 0.29) is 5.82 Å². The molecule has 0 saturated heterocycles. The van der Waals surface area contributed by atoms with Crippen molar-refractivity contribution in [2.75, 3.05) is 6.54 Å². The summed E-state index contributed by atoms with van der Waals surface area (Å²) in [6.45, 7) is 3.05. The van der Waals surface area contributed by atoms with Gasteiger partial charge in [0.1, 0.15) is 41.9 Å². The van der Waals surface area contributed by atoms with Gasteiger partial charge in [0.05, 0.1) is 17.9 Å². The third kappa shape index (κ3) is 3.29. The van der Waals surface area contributed by atoms with Gasteiger partial charge >= 0.3 is 0 Å². The molecule has 9 nitrogen and oxygen atoms in total. The molecule has 6 rings (SSSR count). The Bertz CT molecular complexity index is 1350. The minimum absolute atomic E-state index is 0.274. The van der Waals surface area contributed by atoms with E-state index in [2.05, 4.69) is 25.5 Å². The van der Waals surface area contributed by atoms with Crippen molar-refractivity contribution >= 4 is 11.0 Å². The van der Waals surface area contributed by atoms with Gasteiger partial charge < -0.3 is 24.8 Å². The zero-order valence-electron chi connectivity index (χ0n) is 18.6. The van der Waals surface area contributed by atoms with Crippen LogP contribution in [0.5, 0.6) is 5.75 Å². The van der Waals surface area contributed by atoms with Gasteiger partial charge in [-0.2, -0.15) is 5.10 Å². The SMILES string of the molecule is Cc1ncnc2c1ccn2C1CC(Oc2cc(-c3cn[nH]c3)c(F)c3c2CNCC3)C(O)C1O. The van der Waals surface area contributed by atoms with Crippen molar-refractivity contribution < 1.29 is 19.3 Å². The van der Waals surface area contributed by atoms with Crippen molar-refractivity contribution in [1.29, 1.82) is 0 Å². The Morgan fingerprint density at radius 1 is 1.21 bits per heavy atom. The van der Waals surface area contributed by atoms with Gasteiger partial charge in [0.2, 0.25) is 0 Å². The van der Waals surface area contributed by atoms with Crippen LogP contribution in [-0.2, 0) is 13.0 Å². The lowest BCUT2D eigenvalue weighted by atomic mass is 9.94. The molecule has 0 amide bonds. The highest BCUT2D eigenvalue weighted by molar-refractivity contribution is 5.78. The van der Waals surface area contributed by atoms with Crippen molar-refractivity contribution in [1.82, 2.24) is 30.0 Å². The van der Waals surface area contributed by atoms with E-state index in [1.165, 1.54) is 6.33 Å². The highest BCUT2D eigenvalue weighted by atomic mass is 19.1. The Morgan fingerprint density at radius 3 is 2.91 bits per heavy atom. The molecule has 0 bridgehead atoms. The Hall–Kier alpha value is -3.34. The number of aliphatic hydroxyl groups is 2. The lowest BCUT2D eigenvalue weighted by molar-refractivity contribution is -0.0166. The first kappa shape index (κ1) is 21.2. The largest absolute Gasteiger partial charge is 0.487 e. The molecule has 10 heteroatoms. The quantitative estimate of drug-likeness (QED) is 0.365. The summed E-state index contributed by atoms with van der Waals surface area (Å²) in [6.07, 6.45) is 4.64. The van der Waals surface area contributed by atoms with E-state index in [0.717, 1.165) is 16.6 Å². The molecule has 1 fully saturated rings. The number of aryl methyl sites for hydroxylation is 1. The van der Waals surface area contributed by atoms with Crippen LogP contribution in [0.4, 0.5) is 4.39 Å². The topological polar surface area (TPSA) is 121 Å². The zero-order valence-corrected chi connectivity index (χ0v) is 18.6. The van der Waals surface area contributed by atoms with Gasteiger partial charge in [0.25, 0.3) is 0 Å². The summed E-state index contributed by atoms with van der Waals surface area (Å²) in [5, 5.41) is 32.7. The molecular weight excluding hydrogens is 439 g/mol. The van der Waals surface area contributed by atoms with Gasteiger partial charge in [-0.3, -0.25) is 5.10 Å². The minimum Gasteiger partial charge on any atom is -0.487 e. The van der Waals surface area contributed by atoms with Crippen molar-refractivity contribution in [2.24, 2.45) is 0 Å². The number of aromatic nitrogens is 5. The first-order valence-corrected chi connectivity index (χ1v) is 11.4. The lowest BCUT2D eigenvalue weighted by Gasteiger charge is -2.26. The predicted octanol–water partition coefficient (Wildman–Crippen LogP) is 2.03. The average Bonchev–Trinajstić information content (AvgIpc) is 3.58. The van der Waals surface area contributed by atoms with E-state index in [0.29, 0.717) is 54.0 Å². The van der Waals surface area contributed by atoms with E-state index in [4.69, 9.17) is 4.74 Å². The maximum absolute atomic E-state index is 15.3. The van der Waals surface area contributed by atoms with Crippen molar-refractivity contribution in [2.45, 2.75) is 50.7 Å². The van der Waals surface area contributed by atoms with Crippen LogP contribution in [0.1, 0.15) is 29.3 Å². The summed E-state index contributed by atoms with van der Waals surface area (Å²) in [5.74, 6) is 0.233. The van der Waals surface area contributed by atoms with Gasteiger partial charge in [-0.15, -0.1) is 0 Å². The molecule has 1 aromatic carbocycles. The number of H-pyrrole nitrogens is 1. The van der Waals surface area contributed by atoms with Crippen molar-refractivity contribution in [3.8, 4) is 16.9 Å². The number of halogens is 1. The summed E-state index contributed by atoms with van der Waals surface area (Å²) < 4.78 is 23.5. The highest BCUT2D eigenvalue weighted by Crippen LogP contribution is 2.40. The lowest BCUT2D eigenvalue weighted by Crippen LogP contribution is -2.35. The fourth-order valence-electron chi connectivity index (χ4n) is 5.21. The van der Waals surface area contributed by atoms with Crippen molar-refractivity contribution in [3.63, 3.8) is 0 Å². The van der Waals surface area contributed by atoms with E-state index < -0.39 is 24.4 Å². The number of hydrogen-bond acceptors (Lipinski definition) is 7. The molecule has 3 aromatic heterocycles. The zero-order chi connectivity index (χ0) is 23.4. The van der Waals surface area contributed by atoms with Gasteiger partial charge in [0, 0.05) is 47.4 Å². The van der Waals surface area contributed by atoms with Gasteiger partial charge in [-0.1, -0.05) is 0 Å². The first-order chi connectivity index (χ1) is 16.5. The molecule has 1 aliphatic carbocycles. The number of hydrogen-bond donors (Lipinski definition) is 4. The number of aliphatic hydroxyl groups excluding tert-OH is 2. The first-order valence-electron chi connectivity index (χ1n) is 11.4. The Morgan fingerprint density at radius 2 is 2.09 bits per heavy atom. The third-order valence-corrected chi connectivity index (χ3v) is 7.04. The second kappa shape index (κ2) is 8.15. The summed E-state index contributed by atoms with van der Waals surface area (Å²) in [7, 11) is 0. The number of nitrogens with one attached hydrogen (secondary N) is 2. The second-order valence-corrected chi connectivity index (χ2v) is 8.97. The predicted molar refractivity (Wildman–Crippen MR) is 122 cm³/mol. The molecule has 4 aromatic rings. The molecule has 2 aliphatic rings. The molecule has 4 unspecified atom stereocenters. The fourth-order valence-corrected chi connectivity index (χ4v) is 5.21. The Labute approximate surface area is 194 Å². The second-order valence-electron chi connectivity index (χ2n) is 8.97. The summed E-state index contributed by atoms with van der Waals surface area (Å²) in [6, 6.07) is 3.16. The molecule has 4 atom stereocenters. The molecule has 176 valence electrons. The van der Waals surface area contributed by atoms with Crippen LogP contribution < -0.4 is 10.1 Å². The molecule has 0 radical (unpaired) electrons. The van der Waals surface area contributed by atoms with E-state index in [9.17, 15) is 10.2 Å². The molecule has 34 heavy (non-hydrogen) atoms. The van der Waals surface area contributed by atoms with Crippen LogP contribution in [0, 0.1) is 12.7 Å². The Kier molecular flexibility index (Phi) is 5.09. The number of ether oxygens (including phenoxy) is 1. The molecule has 0 spiro atoms. The van der Waals surface area contributed by atoms with E-state index in [1.807, 2.05) is 23.8 Å². The Balaban J connectivity index is 1.35. The number of nitrogens with zero attached hydrogens (tertiary/aromatic N) is 4. The number of fused-ring (bicyclic) bond motifs is 2. The van der Waals surface area contributed by atoms with Crippen LogP contribution in [0.25, 0.3) is 22.2 Å². The van der Waals surface area contributed by atoms with Crippen molar-refractivity contribution in [3.05, 3.63) is 59.7 Å². The minimum atomic E-state index is -1.11. The monoisotopic (exact) mass is 464 g/mol. The van der Waals surface area contributed by atoms with Gasteiger partial charge in [-0.25, -0.2) is 14.4 Å². The van der Waals surface area contributed by atoms with Crippen LogP contribution in [0.3, 0.4) is 0 Å². The van der Waals surface area contributed by atoms with Crippen LogP contribution in [0.15, 0.2) is 37.1 Å². The maximum atomic E-state index is 15.3. The van der Waals surface area contributed by atoms with E-state index in [1.54, 1.807) is 18.5 Å². The third-order valence-electron chi connectivity index (χ3n) is 7.04. The van der Waals surface area contributed by atoms with Gasteiger partial charge in [-0.05, 0) is 37.6 Å². The molecule has 1 saturated carbocycles. The smallest absolute Gasteiger partial charge is 0.143 e. The summed E-state index contributed by atoms with van der Waals surface area (Å²) >= 11 is 0. The molecule has 1 aliphatic heterocycles. The summed E-state index contributed by atoms with van der Waals surface area (Å²) in [4.78, 5) is 8.61. The fraction of sp³-hybridized carbons (Fsp3) is 0.375. The number of aromatic amines is 1. The van der Waals surface area contributed by atoms with Gasteiger partial charge in [0.15, 0.2) is 0 Å². The highest BCUT2D eigenvalue weighted by Gasteiger charge is 2.45. The number of rotatable bonds is 4. The van der Waals surface area contributed by atoms with Crippen LogP contribution >= 0.6 is 0 Å². The molecular formula is C24H25FN6O3. The van der Waals surface area contributed by atoms with Crippen LogP contribution in [0.2, 0.25) is 0 Å². The maximum Gasteiger partial charge on any atom is 0.143 e. The normalized spacial score (nSPS) is 24.5.